The zero-order valence-corrected chi connectivity index (χ0v) is 16.6. The summed E-state index contributed by atoms with van der Waals surface area (Å²) >= 11 is 5.91. The van der Waals surface area contributed by atoms with Gasteiger partial charge in [-0.05, 0) is 25.5 Å². The highest BCUT2D eigenvalue weighted by Crippen LogP contribution is 2.37. The predicted octanol–water partition coefficient (Wildman–Crippen LogP) is 3.14. The van der Waals surface area contributed by atoms with Crippen LogP contribution in [0.1, 0.15) is 44.7 Å². The summed E-state index contributed by atoms with van der Waals surface area (Å²) in [5.41, 5.74) is 6.21. The minimum absolute atomic E-state index is 0.0776. The van der Waals surface area contributed by atoms with Crippen LogP contribution in [0.4, 0.5) is 17.6 Å². The van der Waals surface area contributed by atoms with Crippen molar-refractivity contribution in [1.82, 2.24) is 25.7 Å². The molecule has 2 aromatic rings. The summed E-state index contributed by atoms with van der Waals surface area (Å²) in [5, 5.41) is -0.623. The molecule has 1 saturated heterocycles. The van der Waals surface area contributed by atoms with Gasteiger partial charge in [0, 0.05) is 18.7 Å². The number of carbonyl (C=O) groups excluding carboxylic acids is 1. The number of amides is 1. The van der Waals surface area contributed by atoms with E-state index >= 15 is 0 Å². The van der Waals surface area contributed by atoms with E-state index in [0.29, 0.717) is 23.6 Å². The molecular weight excluding hydrogens is 426 g/mol. The van der Waals surface area contributed by atoms with Crippen LogP contribution in [0.3, 0.4) is 0 Å². The first-order valence-corrected chi connectivity index (χ1v) is 9.68. The molecule has 3 heterocycles. The van der Waals surface area contributed by atoms with Crippen molar-refractivity contribution in [2.45, 2.75) is 38.3 Å². The molecule has 6 nitrogen and oxygen atoms in total. The topological polar surface area (TPSA) is 70.2 Å². The normalized spacial score (nSPS) is 21.6. The third kappa shape index (κ3) is 3.75. The van der Waals surface area contributed by atoms with E-state index in [1.54, 1.807) is 6.92 Å². The van der Waals surface area contributed by atoms with Crippen molar-refractivity contribution in [3.05, 3.63) is 57.1 Å². The van der Waals surface area contributed by atoms with E-state index in [1.165, 1.54) is 11.0 Å². The molecule has 0 bridgehead atoms. The van der Waals surface area contributed by atoms with Gasteiger partial charge < -0.3 is 4.90 Å². The Morgan fingerprint density at radius 1 is 1.30 bits per heavy atom. The minimum Gasteiger partial charge on any atom is -0.332 e. The van der Waals surface area contributed by atoms with Crippen molar-refractivity contribution in [3.8, 4) is 0 Å². The SMILES string of the molecule is Cc1nc2c(c(C3NNCC3F)n1)CCN(C(=O)c1cccc(C(F)(F)F)c1Cl)C2. The minimum atomic E-state index is -4.66. The number of halogens is 5. The van der Waals surface area contributed by atoms with Crippen molar-refractivity contribution in [1.29, 1.82) is 0 Å². The average molecular weight is 444 g/mol. The van der Waals surface area contributed by atoms with Crippen LogP contribution in [-0.4, -0.2) is 40.0 Å². The van der Waals surface area contributed by atoms with Gasteiger partial charge in [-0.15, -0.1) is 0 Å². The second-order valence-corrected chi connectivity index (χ2v) is 7.62. The molecule has 1 aromatic heterocycles. The first kappa shape index (κ1) is 21.0. The Morgan fingerprint density at radius 3 is 2.73 bits per heavy atom. The molecule has 11 heteroatoms. The Morgan fingerprint density at radius 2 is 2.07 bits per heavy atom. The number of rotatable bonds is 2. The Bertz CT molecular complexity index is 1000. The lowest BCUT2D eigenvalue weighted by Gasteiger charge is -2.31. The molecule has 0 saturated carbocycles. The smallest absolute Gasteiger partial charge is 0.332 e. The second-order valence-electron chi connectivity index (χ2n) is 7.24. The summed E-state index contributed by atoms with van der Waals surface area (Å²) in [6, 6.07) is 2.64. The maximum absolute atomic E-state index is 14.2. The first-order chi connectivity index (χ1) is 14.2. The van der Waals surface area contributed by atoms with Gasteiger partial charge >= 0.3 is 6.18 Å². The second kappa shape index (κ2) is 7.75. The number of benzene rings is 1. The van der Waals surface area contributed by atoms with Gasteiger partial charge in [-0.1, -0.05) is 17.7 Å². The summed E-state index contributed by atoms with van der Waals surface area (Å²) < 4.78 is 53.6. The predicted molar refractivity (Wildman–Crippen MR) is 100 cm³/mol. The molecule has 160 valence electrons. The molecule has 1 aromatic carbocycles. The van der Waals surface area contributed by atoms with E-state index in [2.05, 4.69) is 20.8 Å². The molecule has 0 spiro atoms. The number of fused-ring (bicyclic) bond motifs is 1. The van der Waals surface area contributed by atoms with Crippen LogP contribution in [0.2, 0.25) is 5.02 Å². The highest BCUT2D eigenvalue weighted by molar-refractivity contribution is 6.34. The molecule has 2 aliphatic rings. The van der Waals surface area contributed by atoms with E-state index < -0.39 is 34.9 Å². The number of hydrazine groups is 1. The summed E-state index contributed by atoms with van der Waals surface area (Å²) in [4.78, 5) is 23.1. The standard InChI is InChI=1S/C19H18ClF4N5O/c1-9-26-14-8-29(6-5-10(14)16(27-9)17-13(21)7-25-28-17)18(30)11-3-2-4-12(15(11)20)19(22,23)24/h2-4,13,17,25,28H,5-8H2,1H3. The van der Waals surface area contributed by atoms with Crippen LogP contribution >= 0.6 is 11.6 Å². The van der Waals surface area contributed by atoms with Crippen molar-refractivity contribution in [2.75, 3.05) is 13.1 Å². The van der Waals surface area contributed by atoms with Crippen molar-refractivity contribution < 1.29 is 22.4 Å². The number of aromatic nitrogens is 2. The summed E-state index contributed by atoms with van der Waals surface area (Å²) in [6.45, 7) is 2.13. The fourth-order valence-corrected chi connectivity index (χ4v) is 4.13. The first-order valence-electron chi connectivity index (χ1n) is 9.30. The Labute approximate surface area is 174 Å². The summed E-state index contributed by atoms with van der Waals surface area (Å²) in [6.07, 6.45) is -5.46. The lowest BCUT2D eigenvalue weighted by molar-refractivity contribution is -0.137. The van der Waals surface area contributed by atoms with Gasteiger partial charge in [-0.2, -0.15) is 13.2 Å². The van der Waals surface area contributed by atoms with E-state index in [-0.39, 0.29) is 25.2 Å². The van der Waals surface area contributed by atoms with Gasteiger partial charge in [-0.3, -0.25) is 10.2 Å². The molecule has 2 N–H and O–H groups in total. The van der Waals surface area contributed by atoms with Crippen LogP contribution in [0, 0.1) is 6.92 Å². The maximum atomic E-state index is 14.2. The molecule has 0 aliphatic carbocycles. The Kier molecular flexibility index (Phi) is 5.41. The molecule has 30 heavy (non-hydrogen) atoms. The van der Waals surface area contributed by atoms with Gasteiger partial charge in [0.15, 0.2) is 0 Å². The van der Waals surface area contributed by atoms with Gasteiger partial charge in [-0.25, -0.2) is 19.8 Å². The number of alkyl halides is 4. The molecule has 2 aliphatic heterocycles. The van der Waals surface area contributed by atoms with E-state index in [0.717, 1.165) is 17.7 Å². The van der Waals surface area contributed by atoms with Crippen LogP contribution in [0.5, 0.6) is 0 Å². The average Bonchev–Trinajstić information content (AvgIpc) is 3.11. The fourth-order valence-electron chi connectivity index (χ4n) is 3.82. The molecule has 2 unspecified atom stereocenters. The summed E-state index contributed by atoms with van der Waals surface area (Å²) in [7, 11) is 0. The van der Waals surface area contributed by atoms with Crippen molar-refractivity contribution in [2.24, 2.45) is 0 Å². The maximum Gasteiger partial charge on any atom is 0.417 e. The zero-order chi connectivity index (χ0) is 21.6. The molecule has 1 amide bonds. The number of nitrogens with zero attached hydrogens (tertiary/aromatic N) is 3. The van der Waals surface area contributed by atoms with Gasteiger partial charge in [0.05, 0.1) is 40.1 Å². The monoisotopic (exact) mass is 443 g/mol. The van der Waals surface area contributed by atoms with Gasteiger partial charge in [0.2, 0.25) is 0 Å². The summed E-state index contributed by atoms with van der Waals surface area (Å²) in [5.74, 6) is -0.186. The number of hydrogen-bond acceptors (Lipinski definition) is 5. The lowest BCUT2D eigenvalue weighted by Crippen LogP contribution is -2.38. The number of nitrogens with one attached hydrogen (secondary N) is 2. The Balaban J connectivity index is 1.64. The quantitative estimate of drug-likeness (QED) is 0.698. The third-order valence-electron chi connectivity index (χ3n) is 5.24. The van der Waals surface area contributed by atoms with Crippen LogP contribution in [-0.2, 0) is 19.1 Å². The van der Waals surface area contributed by atoms with E-state index in [9.17, 15) is 22.4 Å². The highest BCUT2D eigenvalue weighted by atomic mass is 35.5. The Hall–Kier alpha value is -2.30. The van der Waals surface area contributed by atoms with Gasteiger partial charge in [0.1, 0.15) is 12.0 Å². The van der Waals surface area contributed by atoms with Crippen LogP contribution < -0.4 is 10.9 Å². The van der Waals surface area contributed by atoms with Gasteiger partial charge in [0.25, 0.3) is 5.91 Å². The molecule has 4 rings (SSSR count). The molecule has 1 fully saturated rings. The van der Waals surface area contributed by atoms with E-state index in [4.69, 9.17) is 11.6 Å². The van der Waals surface area contributed by atoms with Crippen molar-refractivity contribution in [3.63, 3.8) is 0 Å². The lowest BCUT2D eigenvalue weighted by atomic mass is 9.96. The van der Waals surface area contributed by atoms with Crippen LogP contribution in [0.25, 0.3) is 0 Å². The zero-order valence-electron chi connectivity index (χ0n) is 15.9. The number of carbonyl (C=O) groups is 1. The third-order valence-corrected chi connectivity index (χ3v) is 5.65. The molecule has 0 radical (unpaired) electrons. The number of hydrogen-bond donors (Lipinski definition) is 2. The largest absolute Gasteiger partial charge is 0.417 e. The van der Waals surface area contributed by atoms with Crippen molar-refractivity contribution >= 4 is 17.5 Å². The van der Waals surface area contributed by atoms with Crippen LogP contribution in [0.15, 0.2) is 18.2 Å². The number of aryl methyl sites for hydroxylation is 1. The highest BCUT2D eigenvalue weighted by Gasteiger charge is 2.37. The molecular formula is C19H18ClF4N5O. The molecule has 2 atom stereocenters. The van der Waals surface area contributed by atoms with E-state index in [1.807, 2.05) is 0 Å². The fraction of sp³-hybridized carbons (Fsp3) is 0.421.